The normalized spacial score (nSPS) is 23.0. The fourth-order valence-electron chi connectivity index (χ4n) is 3.64. The zero-order valence-corrected chi connectivity index (χ0v) is 14.8. The average molecular weight is 374 g/mol. The minimum Gasteiger partial charge on any atom is -0.261 e. The van der Waals surface area contributed by atoms with E-state index in [-0.39, 0.29) is 25.4 Å². The number of aromatic nitrogens is 1. The van der Waals surface area contributed by atoms with E-state index in [4.69, 9.17) is 0 Å². The average Bonchev–Trinajstić information content (AvgIpc) is 3.16. The van der Waals surface area contributed by atoms with Gasteiger partial charge in [0.05, 0.1) is 24.4 Å². The van der Waals surface area contributed by atoms with Crippen molar-refractivity contribution in [2.45, 2.75) is 32.1 Å². The largest absolute Gasteiger partial charge is 0.495 e. The number of nitrogens with zero attached hydrogens (tertiary/aromatic N) is 2. The molecule has 2 amide bonds. The monoisotopic (exact) mass is 374 g/mol. The summed E-state index contributed by atoms with van der Waals surface area (Å²) in [6.07, 6.45) is 4.68. The van der Waals surface area contributed by atoms with Gasteiger partial charge in [0.1, 0.15) is 11.5 Å². The predicted octanol–water partition coefficient (Wildman–Crippen LogP) is 4.63. The number of amides is 2. The van der Waals surface area contributed by atoms with Gasteiger partial charge in [0.15, 0.2) is 0 Å². The first-order chi connectivity index (χ1) is 12.8. The molecular weight excluding hydrogens is 355 g/mol. The fourth-order valence-corrected chi connectivity index (χ4v) is 3.64. The molecule has 1 fully saturated rings. The topological polar surface area (TPSA) is 45.0 Å². The van der Waals surface area contributed by atoms with E-state index in [0.717, 1.165) is 17.3 Å². The van der Waals surface area contributed by atoms with Gasteiger partial charge >= 0.3 is 6.03 Å². The van der Waals surface area contributed by atoms with Gasteiger partial charge < -0.3 is 0 Å². The molecule has 7 heteroatoms. The third kappa shape index (κ3) is 3.22. The molecule has 0 bridgehead atoms. The summed E-state index contributed by atoms with van der Waals surface area (Å²) < 4.78 is 41.8. The van der Waals surface area contributed by atoms with Crippen molar-refractivity contribution in [2.24, 2.45) is 5.41 Å². The Morgan fingerprint density at radius 3 is 2.67 bits per heavy atom. The molecule has 27 heavy (non-hydrogen) atoms. The maximum Gasteiger partial charge on any atom is 0.495 e. The lowest BCUT2D eigenvalue weighted by molar-refractivity contribution is -0.429. The number of alkyl halides is 2. The van der Waals surface area contributed by atoms with E-state index in [0.29, 0.717) is 17.7 Å². The van der Waals surface area contributed by atoms with Gasteiger partial charge in [-0.2, -0.15) is 4.79 Å². The lowest BCUT2D eigenvalue weighted by Crippen LogP contribution is -2.34. The maximum absolute atomic E-state index is 13.5. The Morgan fingerprint density at radius 1 is 1.26 bits per heavy atom. The van der Waals surface area contributed by atoms with Crippen LogP contribution in [0.1, 0.15) is 24.8 Å². The first-order valence-electron chi connectivity index (χ1n) is 8.80. The summed E-state index contributed by atoms with van der Waals surface area (Å²) in [7, 11) is 0. The summed E-state index contributed by atoms with van der Waals surface area (Å²) in [6.45, 7) is 2.16. The summed E-state index contributed by atoms with van der Waals surface area (Å²) in [5, 5.41) is 2.79. The lowest BCUT2D eigenvalue weighted by atomic mass is 9.95. The zero-order chi connectivity index (χ0) is 19.2. The quantitative estimate of drug-likeness (QED) is 0.779. The molecule has 1 spiro atoms. The van der Waals surface area contributed by atoms with E-state index in [2.05, 4.69) is 10.3 Å². The van der Waals surface area contributed by atoms with E-state index in [1.807, 2.05) is 13.0 Å². The second-order valence-corrected chi connectivity index (χ2v) is 7.34. The van der Waals surface area contributed by atoms with Crippen LogP contribution in [-0.2, 0) is 0 Å². The Labute approximate surface area is 154 Å². The first kappa shape index (κ1) is 17.7. The number of aryl methyl sites for hydroxylation is 1. The zero-order valence-electron chi connectivity index (χ0n) is 14.8. The van der Waals surface area contributed by atoms with Crippen LogP contribution in [0.4, 0.5) is 23.7 Å². The summed E-state index contributed by atoms with van der Waals surface area (Å²) in [5.74, 6) is -3.04. The van der Waals surface area contributed by atoms with Crippen LogP contribution in [0.25, 0.3) is 11.1 Å². The van der Waals surface area contributed by atoms with Crippen LogP contribution >= 0.6 is 0 Å². The molecule has 4 rings (SSSR count). The number of anilines is 1. The van der Waals surface area contributed by atoms with Crippen LogP contribution in [0, 0.1) is 18.2 Å². The highest BCUT2D eigenvalue weighted by atomic mass is 19.3. The van der Waals surface area contributed by atoms with Crippen molar-refractivity contribution >= 4 is 17.9 Å². The number of hydrogen-bond donors (Lipinski definition) is 1. The van der Waals surface area contributed by atoms with Crippen molar-refractivity contribution in [3.8, 4) is 11.1 Å². The number of nitrogens with one attached hydrogen (secondary N) is 1. The number of benzene rings is 1. The number of urea groups is 1. The molecule has 1 saturated carbocycles. The molecule has 140 valence electrons. The van der Waals surface area contributed by atoms with E-state index in [1.165, 1.54) is 10.6 Å². The Morgan fingerprint density at radius 2 is 2.04 bits per heavy atom. The van der Waals surface area contributed by atoms with Crippen LogP contribution in [-0.4, -0.2) is 34.3 Å². The van der Waals surface area contributed by atoms with Crippen LogP contribution in [0.3, 0.4) is 0 Å². The Bertz CT molecular complexity index is 957. The van der Waals surface area contributed by atoms with Crippen LogP contribution in [0.15, 0.2) is 36.7 Å². The van der Waals surface area contributed by atoms with E-state index >= 15 is 0 Å². The second kappa shape index (κ2) is 6.18. The highest BCUT2D eigenvalue weighted by Crippen LogP contribution is 2.65. The van der Waals surface area contributed by atoms with Crippen LogP contribution in [0.2, 0.25) is 0 Å². The van der Waals surface area contributed by atoms with Crippen molar-refractivity contribution in [1.82, 2.24) is 4.98 Å². The molecule has 0 saturated heterocycles. The van der Waals surface area contributed by atoms with Crippen molar-refractivity contribution in [3.63, 3.8) is 0 Å². The Balaban J connectivity index is 1.51. The first-order valence-corrected chi connectivity index (χ1v) is 8.80. The molecule has 1 atom stereocenters. The minimum atomic E-state index is -2.60. The molecule has 2 heterocycles. The fraction of sp³-hybridized carbons (Fsp3) is 0.350. The summed E-state index contributed by atoms with van der Waals surface area (Å²) in [5.41, 5.74) is 1.91. The van der Waals surface area contributed by atoms with Gasteiger partial charge in [-0.25, -0.2) is 23.1 Å². The molecule has 1 aliphatic carbocycles. The van der Waals surface area contributed by atoms with Crippen molar-refractivity contribution in [3.05, 3.63) is 48.0 Å². The molecule has 4 nitrogen and oxygen atoms in total. The predicted molar refractivity (Wildman–Crippen MR) is 95.8 cm³/mol. The van der Waals surface area contributed by atoms with Gasteiger partial charge in [-0.3, -0.25) is 4.98 Å². The van der Waals surface area contributed by atoms with Gasteiger partial charge in [-0.15, -0.1) is 0 Å². The number of rotatable bonds is 2. The minimum absolute atomic E-state index is 0.0883. The van der Waals surface area contributed by atoms with E-state index in [9.17, 15) is 18.0 Å². The van der Waals surface area contributed by atoms with Gasteiger partial charge in [-0.05, 0) is 42.7 Å². The Hall–Kier alpha value is -2.70. The molecule has 2 aromatic rings. The lowest BCUT2D eigenvalue weighted by Gasteiger charge is -2.19. The maximum atomic E-state index is 13.5. The van der Waals surface area contributed by atoms with Crippen LogP contribution in [0.5, 0.6) is 0 Å². The third-order valence-electron chi connectivity index (χ3n) is 5.51. The number of halogens is 3. The highest BCUT2D eigenvalue weighted by molar-refractivity contribution is 5.87. The molecule has 0 radical (unpaired) electrons. The summed E-state index contributed by atoms with van der Waals surface area (Å²) >= 11 is 0. The number of carbonyl (C=O) groups is 1. The second-order valence-electron chi connectivity index (χ2n) is 7.34. The SMILES string of the molecule is Cc1ccc(NC(=O)[N+]2=CC[C@@]3(CC2)CC3(F)F)cc1-c1cncc(F)c1. The van der Waals surface area contributed by atoms with Crippen molar-refractivity contribution < 1.29 is 22.5 Å². The molecule has 1 aromatic heterocycles. The van der Waals surface area contributed by atoms with Crippen molar-refractivity contribution in [2.75, 3.05) is 11.9 Å². The molecule has 1 N–H and O–H groups in total. The van der Waals surface area contributed by atoms with Gasteiger partial charge in [-0.1, -0.05) is 6.07 Å². The van der Waals surface area contributed by atoms with Crippen LogP contribution < -0.4 is 5.32 Å². The van der Waals surface area contributed by atoms with Gasteiger partial charge in [0, 0.05) is 24.6 Å². The molecular formula is C20H19F3N3O+. The smallest absolute Gasteiger partial charge is 0.261 e. The Kier molecular flexibility index (Phi) is 4.05. The standard InChI is InChI=1S/C20H18F3N3O/c1-13-2-3-16(9-17(13)14-8-15(21)11-24-10-14)25-18(27)26-6-4-19(5-7-26)12-20(19,22)23/h2-3,6,8-11H,4-5,7,12H2,1H3/p+1/t19-/m1/s1. The number of hydrogen-bond acceptors (Lipinski definition) is 2. The number of carbonyl (C=O) groups excluding carboxylic acids is 1. The molecule has 1 aliphatic heterocycles. The van der Waals surface area contributed by atoms with Crippen molar-refractivity contribution in [1.29, 1.82) is 0 Å². The molecule has 2 aliphatic rings. The van der Waals surface area contributed by atoms with Gasteiger partial charge in [0.25, 0.3) is 5.92 Å². The highest BCUT2D eigenvalue weighted by Gasteiger charge is 2.71. The van der Waals surface area contributed by atoms with E-state index in [1.54, 1.807) is 24.5 Å². The molecule has 1 aromatic carbocycles. The summed E-state index contributed by atoms with van der Waals surface area (Å²) in [4.78, 5) is 16.3. The summed E-state index contributed by atoms with van der Waals surface area (Å²) in [6, 6.07) is 6.36. The van der Waals surface area contributed by atoms with Gasteiger partial charge in [0.2, 0.25) is 0 Å². The number of pyridine rings is 1. The van der Waals surface area contributed by atoms with E-state index < -0.39 is 17.2 Å². The molecule has 0 unspecified atom stereocenters. The third-order valence-corrected chi connectivity index (χ3v) is 5.51.